The van der Waals surface area contributed by atoms with E-state index >= 15 is 0 Å². The molecule has 0 fully saturated rings. The monoisotopic (exact) mass is 320 g/mol. The van der Waals surface area contributed by atoms with Crippen molar-refractivity contribution in [2.45, 2.75) is 19.6 Å². The van der Waals surface area contributed by atoms with Crippen LogP contribution < -0.4 is 10.1 Å². The van der Waals surface area contributed by atoms with Crippen molar-refractivity contribution in [3.8, 4) is 5.75 Å². The second kappa shape index (κ2) is 7.55. The highest BCUT2D eigenvalue weighted by Crippen LogP contribution is 2.26. The van der Waals surface area contributed by atoms with Crippen molar-refractivity contribution in [2.75, 3.05) is 11.9 Å². The number of benzene rings is 2. The third-order valence-electron chi connectivity index (χ3n) is 3.19. The minimum Gasteiger partial charge on any atom is -0.486 e. The Morgan fingerprint density at radius 3 is 2.74 bits per heavy atom. The Hall–Kier alpha value is -2.67. The van der Waals surface area contributed by atoms with Crippen molar-refractivity contribution >= 4 is 11.4 Å². The number of ether oxygens (including phenoxy) is 1. The van der Waals surface area contributed by atoms with Crippen LogP contribution in [0.2, 0.25) is 0 Å². The second-order valence-corrected chi connectivity index (χ2v) is 5.01. The van der Waals surface area contributed by atoms with E-state index < -0.39 is 16.8 Å². The number of nitro benzene ring substituents is 1. The van der Waals surface area contributed by atoms with Gasteiger partial charge in [0.25, 0.3) is 5.69 Å². The zero-order chi connectivity index (χ0) is 16.8. The van der Waals surface area contributed by atoms with Gasteiger partial charge in [-0.25, -0.2) is 4.39 Å². The SMILES string of the molecule is CC(CNc1cc(CO)ccc1[N+](=O)[O-])Oc1ccccc1F. The van der Waals surface area contributed by atoms with Gasteiger partial charge in [-0.3, -0.25) is 10.1 Å². The summed E-state index contributed by atoms with van der Waals surface area (Å²) in [5.74, 6) is -0.340. The van der Waals surface area contributed by atoms with Crippen molar-refractivity contribution < 1.29 is 19.2 Å². The van der Waals surface area contributed by atoms with Crippen LogP contribution in [0.1, 0.15) is 12.5 Å². The molecule has 1 atom stereocenters. The number of aliphatic hydroxyl groups excluding tert-OH is 1. The predicted molar refractivity (Wildman–Crippen MR) is 84.0 cm³/mol. The number of hydrogen-bond donors (Lipinski definition) is 2. The van der Waals surface area contributed by atoms with E-state index in [1.165, 1.54) is 30.3 Å². The fourth-order valence-corrected chi connectivity index (χ4v) is 2.03. The van der Waals surface area contributed by atoms with E-state index in [2.05, 4.69) is 5.32 Å². The van der Waals surface area contributed by atoms with Crippen LogP contribution in [-0.4, -0.2) is 22.7 Å². The first-order valence-electron chi connectivity index (χ1n) is 7.04. The third kappa shape index (κ3) is 4.40. The van der Waals surface area contributed by atoms with E-state index in [0.717, 1.165) is 0 Å². The number of nitro groups is 1. The molecule has 6 nitrogen and oxygen atoms in total. The molecule has 0 saturated carbocycles. The fourth-order valence-electron chi connectivity index (χ4n) is 2.03. The minimum atomic E-state index is -0.508. The molecule has 0 saturated heterocycles. The largest absolute Gasteiger partial charge is 0.486 e. The maximum absolute atomic E-state index is 13.5. The number of hydrogen-bond acceptors (Lipinski definition) is 5. The molecule has 1 unspecified atom stereocenters. The molecule has 0 bridgehead atoms. The average molecular weight is 320 g/mol. The smallest absolute Gasteiger partial charge is 0.292 e. The molecule has 0 spiro atoms. The van der Waals surface area contributed by atoms with Gasteiger partial charge in [0.2, 0.25) is 0 Å². The molecule has 0 aliphatic rings. The Labute approximate surface area is 132 Å². The summed E-state index contributed by atoms with van der Waals surface area (Å²) in [6, 6.07) is 10.4. The van der Waals surface area contributed by atoms with Crippen molar-refractivity contribution in [1.82, 2.24) is 0 Å². The Bertz CT molecular complexity index is 694. The van der Waals surface area contributed by atoms with Crippen molar-refractivity contribution in [1.29, 1.82) is 0 Å². The van der Waals surface area contributed by atoms with Gasteiger partial charge in [-0.1, -0.05) is 12.1 Å². The second-order valence-electron chi connectivity index (χ2n) is 5.01. The van der Waals surface area contributed by atoms with Gasteiger partial charge in [0, 0.05) is 6.07 Å². The molecule has 2 aromatic carbocycles. The molecular formula is C16H17FN2O4. The highest BCUT2D eigenvalue weighted by atomic mass is 19.1. The van der Waals surface area contributed by atoms with Crippen LogP contribution in [0.5, 0.6) is 5.75 Å². The number of para-hydroxylation sites is 1. The first-order chi connectivity index (χ1) is 11.0. The predicted octanol–water partition coefficient (Wildman–Crippen LogP) is 3.11. The maximum atomic E-state index is 13.5. The van der Waals surface area contributed by atoms with Gasteiger partial charge in [0.1, 0.15) is 11.8 Å². The molecule has 2 rings (SSSR count). The molecule has 0 amide bonds. The minimum absolute atomic E-state index is 0.0970. The summed E-state index contributed by atoms with van der Waals surface area (Å²) in [5, 5.41) is 23.1. The van der Waals surface area contributed by atoms with E-state index in [1.807, 2.05) is 0 Å². The van der Waals surface area contributed by atoms with Gasteiger partial charge in [-0.2, -0.15) is 0 Å². The highest BCUT2D eigenvalue weighted by molar-refractivity contribution is 5.62. The average Bonchev–Trinajstić information content (AvgIpc) is 2.54. The van der Waals surface area contributed by atoms with E-state index in [1.54, 1.807) is 19.1 Å². The summed E-state index contributed by atoms with van der Waals surface area (Å²) in [6.45, 7) is 1.75. The molecule has 0 heterocycles. The molecule has 0 aliphatic carbocycles. The summed E-state index contributed by atoms with van der Waals surface area (Å²) in [4.78, 5) is 10.5. The summed E-state index contributed by atoms with van der Waals surface area (Å²) < 4.78 is 19.0. The molecule has 2 N–H and O–H groups in total. The van der Waals surface area contributed by atoms with Gasteiger partial charge >= 0.3 is 0 Å². The van der Waals surface area contributed by atoms with E-state index in [0.29, 0.717) is 5.56 Å². The van der Waals surface area contributed by atoms with Crippen molar-refractivity contribution in [3.05, 3.63) is 64.0 Å². The van der Waals surface area contributed by atoms with Crippen LogP contribution in [-0.2, 0) is 6.61 Å². The zero-order valence-electron chi connectivity index (χ0n) is 12.5. The van der Waals surface area contributed by atoms with E-state index in [4.69, 9.17) is 9.84 Å². The summed E-state index contributed by atoms with van der Waals surface area (Å²) in [5.41, 5.74) is 0.742. The Balaban J connectivity index is 2.05. The topological polar surface area (TPSA) is 84.6 Å². The van der Waals surface area contributed by atoms with Crippen LogP contribution in [0.25, 0.3) is 0 Å². The first-order valence-corrected chi connectivity index (χ1v) is 7.04. The molecule has 23 heavy (non-hydrogen) atoms. The lowest BCUT2D eigenvalue weighted by Crippen LogP contribution is -2.23. The van der Waals surface area contributed by atoms with Gasteiger partial charge in [-0.15, -0.1) is 0 Å². The molecular weight excluding hydrogens is 303 g/mol. The van der Waals surface area contributed by atoms with Crippen LogP contribution >= 0.6 is 0 Å². The quantitative estimate of drug-likeness (QED) is 0.605. The zero-order valence-corrected chi connectivity index (χ0v) is 12.5. The number of anilines is 1. The first kappa shape index (κ1) is 16.7. The lowest BCUT2D eigenvalue weighted by molar-refractivity contribution is -0.384. The molecule has 7 heteroatoms. The van der Waals surface area contributed by atoms with Crippen LogP contribution in [0.15, 0.2) is 42.5 Å². The summed E-state index contributed by atoms with van der Waals surface area (Å²) in [6.07, 6.45) is -0.413. The Morgan fingerprint density at radius 1 is 1.35 bits per heavy atom. The number of rotatable bonds is 7. The number of aliphatic hydroxyl groups is 1. The van der Waals surface area contributed by atoms with Crippen LogP contribution in [0.3, 0.4) is 0 Å². The molecule has 122 valence electrons. The van der Waals surface area contributed by atoms with Crippen LogP contribution in [0, 0.1) is 15.9 Å². The maximum Gasteiger partial charge on any atom is 0.292 e. The molecule has 0 aromatic heterocycles. The summed E-state index contributed by atoms with van der Waals surface area (Å²) in [7, 11) is 0. The van der Waals surface area contributed by atoms with Gasteiger partial charge in [0.05, 0.1) is 18.1 Å². The van der Waals surface area contributed by atoms with Gasteiger partial charge in [0.15, 0.2) is 11.6 Å². The lowest BCUT2D eigenvalue weighted by atomic mass is 10.1. The third-order valence-corrected chi connectivity index (χ3v) is 3.19. The fraction of sp³-hybridized carbons (Fsp3) is 0.250. The number of nitrogens with zero attached hydrogens (tertiary/aromatic N) is 1. The van der Waals surface area contributed by atoms with Crippen molar-refractivity contribution in [2.24, 2.45) is 0 Å². The number of nitrogens with one attached hydrogen (secondary N) is 1. The molecule has 0 radical (unpaired) electrons. The molecule has 0 aliphatic heterocycles. The van der Waals surface area contributed by atoms with E-state index in [9.17, 15) is 14.5 Å². The molecule has 2 aromatic rings. The lowest BCUT2D eigenvalue weighted by Gasteiger charge is -2.17. The Morgan fingerprint density at radius 2 is 2.09 bits per heavy atom. The van der Waals surface area contributed by atoms with Gasteiger partial charge < -0.3 is 15.2 Å². The highest BCUT2D eigenvalue weighted by Gasteiger charge is 2.15. The van der Waals surface area contributed by atoms with Crippen molar-refractivity contribution in [3.63, 3.8) is 0 Å². The van der Waals surface area contributed by atoms with Crippen LogP contribution in [0.4, 0.5) is 15.8 Å². The Kier molecular flexibility index (Phi) is 5.48. The standard InChI is InChI=1S/C16H17FN2O4/c1-11(23-16-5-3-2-4-13(16)17)9-18-14-8-12(10-20)6-7-15(14)19(21)22/h2-8,11,18,20H,9-10H2,1H3. The van der Waals surface area contributed by atoms with Gasteiger partial charge in [-0.05, 0) is 36.8 Å². The normalized spacial score (nSPS) is 11.8. The van der Waals surface area contributed by atoms with E-state index in [-0.39, 0.29) is 30.3 Å². The number of halogens is 1. The summed E-state index contributed by atoms with van der Waals surface area (Å²) >= 11 is 0.